The van der Waals surface area contributed by atoms with Crippen LogP contribution in [-0.4, -0.2) is 11.7 Å². The predicted molar refractivity (Wildman–Crippen MR) is 107 cm³/mol. The van der Waals surface area contributed by atoms with Crippen molar-refractivity contribution in [2.75, 3.05) is 7.11 Å². The van der Waals surface area contributed by atoms with Crippen molar-refractivity contribution in [3.05, 3.63) is 94.4 Å². The monoisotopic (exact) mass is 361 g/mol. The second-order valence-corrected chi connectivity index (χ2v) is 6.41. The molecule has 4 aromatic rings. The molecule has 4 rings (SSSR count). The molecule has 128 valence electrons. The van der Waals surface area contributed by atoms with Crippen LogP contribution in [0.25, 0.3) is 27.6 Å². The van der Waals surface area contributed by atoms with E-state index in [-0.39, 0.29) is 5.56 Å². The topological polar surface area (TPSA) is 31.2 Å². The second kappa shape index (κ2) is 6.70. The first-order valence-corrected chi connectivity index (χ1v) is 8.60. The average molecular weight is 362 g/mol. The standard InChI is InChI=1S/C22H16ClNO2/c1-26-18-6-4-5-17(13-18)24-14-21(15-9-11-16(23)12-10-15)19-7-2-3-8-20(19)22(24)25/h2-14H,1H3. The van der Waals surface area contributed by atoms with Crippen LogP contribution in [0.15, 0.2) is 83.8 Å². The van der Waals surface area contributed by atoms with Gasteiger partial charge in [-0.1, -0.05) is 48.0 Å². The van der Waals surface area contributed by atoms with Crippen molar-refractivity contribution in [1.82, 2.24) is 4.57 Å². The molecule has 0 saturated heterocycles. The molecule has 0 aliphatic rings. The number of hydrogen-bond donors (Lipinski definition) is 0. The van der Waals surface area contributed by atoms with E-state index in [1.165, 1.54) is 0 Å². The van der Waals surface area contributed by atoms with Crippen LogP contribution in [0, 0.1) is 0 Å². The van der Waals surface area contributed by atoms with Crippen molar-refractivity contribution in [3.63, 3.8) is 0 Å². The van der Waals surface area contributed by atoms with Crippen molar-refractivity contribution >= 4 is 22.4 Å². The fraction of sp³-hybridized carbons (Fsp3) is 0.0455. The Bertz CT molecular complexity index is 1150. The molecule has 0 aliphatic heterocycles. The molecule has 4 heteroatoms. The first-order chi connectivity index (χ1) is 12.7. The van der Waals surface area contributed by atoms with Crippen LogP contribution >= 0.6 is 11.6 Å². The highest BCUT2D eigenvalue weighted by Gasteiger charge is 2.12. The smallest absolute Gasteiger partial charge is 0.262 e. The summed E-state index contributed by atoms with van der Waals surface area (Å²) in [6, 6.07) is 22.8. The third kappa shape index (κ3) is 2.87. The van der Waals surface area contributed by atoms with E-state index in [4.69, 9.17) is 16.3 Å². The van der Waals surface area contributed by atoms with Crippen LogP contribution in [-0.2, 0) is 0 Å². The van der Waals surface area contributed by atoms with E-state index < -0.39 is 0 Å². The number of nitrogens with zero attached hydrogens (tertiary/aromatic N) is 1. The first-order valence-electron chi connectivity index (χ1n) is 8.22. The third-order valence-corrected chi connectivity index (χ3v) is 4.66. The second-order valence-electron chi connectivity index (χ2n) is 5.97. The van der Waals surface area contributed by atoms with E-state index in [2.05, 4.69) is 0 Å². The summed E-state index contributed by atoms with van der Waals surface area (Å²) in [6.45, 7) is 0. The Hall–Kier alpha value is -3.04. The van der Waals surface area contributed by atoms with E-state index in [0.29, 0.717) is 16.2 Å². The van der Waals surface area contributed by atoms with Gasteiger partial charge in [0.1, 0.15) is 5.75 Å². The van der Waals surface area contributed by atoms with Gasteiger partial charge in [-0.3, -0.25) is 9.36 Å². The average Bonchev–Trinajstić information content (AvgIpc) is 2.69. The molecule has 1 aromatic heterocycles. The van der Waals surface area contributed by atoms with E-state index >= 15 is 0 Å². The number of ether oxygens (including phenoxy) is 1. The summed E-state index contributed by atoms with van der Waals surface area (Å²) in [5.41, 5.74) is 2.67. The summed E-state index contributed by atoms with van der Waals surface area (Å²) in [7, 11) is 1.61. The summed E-state index contributed by atoms with van der Waals surface area (Å²) in [5, 5.41) is 2.26. The molecule has 3 aromatic carbocycles. The zero-order chi connectivity index (χ0) is 18.1. The van der Waals surface area contributed by atoms with E-state index in [0.717, 1.165) is 22.2 Å². The Balaban J connectivity index is 2.04. The fourth-order valence-corrected chi connectivity index (χ4v) is 3.23. The lowest BCUT2D eigenvalue weighted by molar-refractivity contribution is 0.414. The van der Waals surface area contributed by atoms with E-state index in [1.807, 2.05) is 79.0 Å². The summed E-state index contributed by atoms with van der Waals surface area (Å²) >= 11 is 6.03. The van der Waals surface area contributed by atoms with Crippen LogP contribution in [0.5, 0.6) is 5.75 Å². The Labute approximate surface area is 156 Å². The molecule has 0 aliphatic carbocycles. The molecule has 0 bridgehead atoms. The van der Waals surface area contributed by atoms with Gasteiger partial charge in [0.15, 0.2) is 0 Å². The van der Waals surface area contributed by atoms with Crippen molar-refractivity contribution in [1.29, 1.82) is 0 Å². The third-order valence-electron chi connectivity index (χ3n) is 4.41. The zero-order valence-corrected chi connectivity index (χ0v) is 14.9. The van der Waals surface area contributed by atoms with Crippen molar-refractivity contribution in [2.45, 2.75) is 0 Å². The number of hydrogen-bond acceptors (Lipinski definition) is 2. The molecule has 1 heterocycles. The molecule has 0 atom stereocenters. The summed E-state index contributed by atoms with van der Waals surface area (Å²) in [4.78, 5) is 13.1. The van der Waals surface area contributed by atoms with Gasteiger partial charge in [-0.05, 0) is 41.3 Å². The molecule has 0 amide bonds. The minimum Gasteiger partial charge on any atom is -0.497 e. The number of halogens is 1. The zero-order valence-electron chi connectivity index (χ0n) is 14.1. The van der Waals surface area contributed by atoms with Crippen LogP contribution in [0.2, 0.25) is 5.02 Å². The van der Waals surface area contributed by atoms with Crippen molar-refractivity contribution < 1.29 is 4.74 Å². The molecule has 0 radical (unpaired) electrons. The Kier molecular flexibility index (Phi) is 4.23. The van der Waals surface area contributed by atoms with E-state index in [1.54, 1.807) is 11.7 Å². The molecular weight excluding hydrogens is 346 g/mol. The Morgan fingerprint density at radius 1 is 0.885 bits per heavy atom. The van der Waals surface area contributed by atoms with Gasteiger partial charge in [0.25, 0.3) is 5.56 Å². The molecule has 0 spiro atoms. The van der Waals surface area contributed by atoms with Gasteiger partial charge in [0.2, 0.25) is 0 Å². The molecule has 3 nitrogen and oxygen atoms in total. The molecule has 0 unspecified atom stereocenters. The van der Waals surface area contributed by atoms with Crippen molar-refractivity contribution in [3.8, 4) is 22.6 Å². The van der Waals surface area contributed by atoms with Crippen molar-refractivity contribution in [2.24, 2.45) is 0 Å². The number of methoxy groups -OCH3 is 1. The molecular formula is C22H16ClNO2. The lowest BCUT2D eigenvalue weighted by Gasteiger charge is -2.13. The van der Waals surface area contributed by atoms with Gasteiger partial charge in [0.05, 0.1) is 12.8 Å². The SMILES string of the molecule is COc1cccc(-n2cc(-c3ccc(Cl)cc3)c3ccccc3c2=O)c1. The number of aromatic nitrogens is 1. The van der Waals surface area contributed by atoms with Gasteiger partial charge < -0.3 is 4.74 Å². The molecule has 0 fully saturated rings. The lowest BCUT2D eigenvalue weighted by Crippen LogP contribution is -2.18. The maximum absolute atomic E-state index is 13.1. The fourth-order valence-electron chi connectivity index (χ4n) is 3.10. The van der Waals surface area contributed by atoms with E-state index in [9.17, 15) is 4.79 Å². The van der Waals surface area contributed by atoms with Crippen LogP contribution in [0.3, 0.4) is 0 Å². The van der Waals surface area contributed by atoms with Gasteiger partial charge in [-0.2, -0.15) is 0 Å². The van der Waals surface area contributed by atoms with Gasteiger partial charge in [0, 0.05) is 28.2 Å². The van der Waals surface area contributed by atoms with Gasteiger partial charge in [-0.15, -0.1) is 0 Å². The number of pyridine rings is 1. The molecule has 0 N–H and O–H groups in total. The minimum absolute atomic E-state index is 0.0634. The maximum Gasteiger partial charge on any atom is 0.262 e. The van der Waals surface area contributed by atoms with Crippen LogP contribution in [0.4, 0.5) is 0 Å². The molecule has 0 saturated carbocycles. The number of rotatable bonds is 3. The first kappa shape index (κ1) is 16.4. The Morgan fingerprint density at radius 2 is 1.62 bits per heavy atom. The largest absolute Gasteiger partial charge is 0.497 e. The maximum atomic E-state index is 13.1. The van der Waals surface area contributed by atoms with Gasteiger partial charge >= 0.3 is 0 Å². The summed E-state index contributed by atoms with van der Waals surface area (Å²) < 4.78 is 6.96. The quantitative estimate of drug-likeness (QED) is 0.494. The number of fused-ring (bicyclic) bond motifs is 1. The van der Waals surface area contributed by atoms with Crippen LogP contribution < -0.4 is 10.3 Å². The highest BCUT2D eigenvalue weighted by molar-refractivity contribution is 6.30. The normalized spacial score (nSPS) is 10.8. The van der Waals surface area contributed by atoms with Gasteiger partial charge in [-0.25, -0.2) is 0 Å². The predicted octanol–water partition coefficient (Wildman–Crippen LogP) is 5.32. The highest BCUT2D eigenvalue weighted by atomic mass is 35.5. The lowest BCUT2D eigenvalue weighted by atomic mass is 10.0. The molecule has 26 heavy (non-hydrogen) atoms. The summed E-state index contributed by atoms with van der Waals surface area (Å²) in [6.07, 6.45) is 1.88. The highest BCUT2D eigenvalue weighted by Crippen LogP contribution is 2.29. The summed E-state index contributed by atoms with van der Waals surface area (Å²) in [5.74, 6) is 0.704. The Morgan fingerprint density at radius 3 is 2.35 bits per heavy atom. The number of benzene rings is 3. The van der Waals surface area contributed by atoms with Crippen LogP contribution in [0.1, 0.15) is 0 Å². The minimum atomic E-state index is -0.0634.